The molecule has 1 aromatic heterocycles. The number of carbonyl (C=O) groups is 2. The number of nitrogens with zero attached hydrogens (tertiary/aromatic N) is 1. The Bertz CT molecular complexity index is 846. The lowest BCUT2D eigenvalue weighted by molar-refractivity contribution is -0.132. The van der Waals surface area contributed by atoms with Crippen LogP contribution < -0.4 is 0 Å². The number of halogens is 2. The normalized spacial score (nSPS) is 18.9. The van der Waals surface area contributed by atoms with Crippen molar-refractivity contribution in [1.82, 2.24) is 4.90 Å². The second-order valence-corrected chi connectivity index (χ2v) is 6.30. The Morgan fingerprint density at radius 3 is 2.68 bits per heavy atom. The zero-order valence-corrected chi connectivity index (χ0v) is 13.8. The molecule has 1 saturated carbocycles. The van der Waals surface area contributed by atoms with Crippen LogP contribution in [0.1, 0.15) is 39.8 Å². The molecular weight excluding hydrogens is 332 g/mol. The van der Waals surface area contributed by atoms with Crippen molar-refractivity contribution in [3.63, 3.8) is 0 Å². The minimum absolute atomic E-state index is 0.0574. The Hall–Kier alpha value is -2.70. The molecular formula is C18H17F2NO4. The SMILES string of the molecule is Cc1oc(CN(C)C(=O)[C@@H]2C[C@H]2c2cc(F)ccc2F)cc1C(=O)O. The molecule has 0 unspecified atom stereocenters. The van der Waals surface area contributed by atoms with E-state index in [4.69, 9.17) is 9.52 Å². The summed E-state index contributed by atoms with van der Waals surface area (Å²) in [6.07, 6.45) is 0.459. The fourth-order valence-corrected chi connectivity index (χ4v) is 3.04. The fourth-order valence-electron chi connectivity index (χ4n) is 3.04. The summed E-state index contributed by atoms with van der Waals surface area (Å²) in [5.41, 5.74) is 0.274. The van der Waals surface area contributed by atoms with Gasteiger partial charge >= 0.3 is 5.97 Å². The molecule has 1 aliphatic carbocycles. The molecule has 1 fully saturated rings. The van der Waals surface area contributed by atoms with Crippen LogP contribution >= 0.6 is 0 Å². The summed E-state index contributed by atoms with van der Waals surface area (Å²) < 4.78 is 32.5. The van der Waals surface area contributed by atoms with E-state index in [-0.39, 0.29) is 35.3 Å². The van der Waals surface area contributed by atoms with Crippen molar-refractivity contribution in [3.8, 4) is 0 Å². The summed E-state index contributed by atoms with van der Waals surface area (Å²) in [6.45, 7) is 1.65. The Labute approximate surface area is 142 Å². The van der Waals surface area contributed by atoms with Gasteiger partial charge in [-0.2, -0.15) is 0 Å². The average Bonchev–Trinajstić information content (AvgIpc) is 3.25. The molecule has 0 radical (unpaired) electrons. The maximum atomic E-state index is 13.8. The van der Waals surface area contributed by atoms with E-state index in [2.05, 4.69) is 0 Å². The van der Waals surface area contributed by atoms with Gasteiger partial charge in [0.25, 0.3) is 0 Å². The monoisotopic (exact) mass is 349 g/mol. The van der Waals surface area contributed by atoms with Gasteiger partial charge in [0.05, 0.1) is 6.54 Å². The molecule has 25 heavy (non-hydrogen) atoms. The average molecular weight is 349 g/mol. The number of carboxylic acids is 1. The van der Waals surface area contributed by atoms with E-state index in [0.29, 0.717) is 12.2 Å². The lowest BCUT2D eigenvalue weighted by Crippen LogP contribution is -2.27. The van der Waals surface area contributed by atoms with Crippen LogP contribution in [-0.4, -0.2) is 28.9 Å². The summed E-state index contributed by atoms with van der Waals surface area (Å²) in [5.74, 6) is -2.46. The standard InChI is InChI=1S/C18H17F2NO4/c1-9-12(18(23)24)6-11(25-9)8-21(2)17(22)15-7-13(15)14-5-10(19)3-4-16(14)20/h3-6,13,15H,7-8H2,1-2H3,(H,23,24)/t13-,15+/m0/s1. The van der Waals surface area contributed by atoms with Crippen LogP contribution in [0.25, 0.3) is 0 Å². The molecule has 2 aromatic rings. The quantitative estimate of drug-likeness (QED) is 0.899. The number of carboxylic acid groups (broad SMARTS) is 1. The molecule has 1 amide bonds. The third-order valence-electron chi connectivity index (χ3n) is 4.43. The minimum Gasteiger partial charge on any atom is -0.478 e. The lowest BCUT2D eigenvalue weighted by Gasteiger charge is -2.16. The molecule has 0 aliphatic heterocycles. The summed E-state index contributed by atoms with van der Waals surface area (Å²) in [6, 6.07) is 4.62. The number of aromatic carboxylic acids is 1. The van der Waals surface area contributed by atoms with Crippen LogP contribution in [0.4, 0.5) is 8.78 Å². The van der Waals surface area contributed by atoms with Gasteiger partial charge in [-0.25, -0.2) is 13.6 Å². The van der Waals surface area contributed by atoms with Crippen LogP contribution in [0.3, 0.4) is 0 Å². The molecule has 3 rings (SSSR count). The van der Waals surface area contributed by atoms with Crippen LogP contribution in [0.15, 0.2) is 28.7 Å². The highest BCUT2D eigenvalue weighted by molar-refractivity contribution is 5.89. The van der Waals surface area contributed by atoms with Gasteiger partial charge in [0.1, 0.15) is 28.7 Å². The molecule has 1 N–H and O–H groups in total. The Morgan fingerprint density at radius 1 is 1.32 bits per heavy atom. The van der Waals surface area contributed by atoms with Crippen molar-refractivity contribution >= 4 is 11.9 Å². The van der Waals surface area contributed by atoms with Crippen LogP contribution in [0.2, 0.25) is 0 Å². The van der Waals surface area contributed by atoms with Gasteiger partial charge in [0.2, 0.25) is 5.91 Å². The molecule has 1 aromatic carbocycles. The van der Waals surface area contributed by atoms with Crippen molar-refractivity contribution in [2.45, 2.75) is 25.8 Å². The van der Waals surface area contributed by atoms with Gasteiger partial charge in [-0.1, -0.05) is 0 Å². The Morgan fingerprint density at radius 2 is 2.04 bits per heavy atom. The van der Waals surface area contributed by atoms with Crippen LogP contribution in [0.5, 0.6) is 0 Å². The van der Waals surface area contributed by atoms with Gasteiger partial charge in [0.15, 0.2) is 0 Å². The van der Waals surface area contributed by atoms with Crippen LogP contribution in [-0.2, 0) is 11.3 Å². The summed E-state index contributed by atoms with van der Waals surface area (Å²) in [7, 11) is 1.57. The fraction of sp³-hybridized carbons (Fsp3) is 0.333. The first-order valence-electron chi connectivity index (χ1n) is 7.80. The third kappa shape index (κ3) is 3.40. The maximum Gasteiger partial charge on any atom is 0.339 e. The number of carbonyl (C=O) groups excluding carboxylic acids is 1. The third-order valence-corrected chi connectivity index (χ3v) is 4.43. The molecule has 1 heterocycles. The van der Waals surface area contributed by atoms with Gasteiger partial charge in [-0.05, 0) is 49.1 Å². The van der Waals surface area contributed by atoms with E-state index < -0.39 is 23.5 Å². The highest BCUT2D eigenvalue weighted by Gasteiger charge is 2.46. The van der Waals surface area contributed by atoms with Crippen molar-refractivity contribution in [1.29, 1.82) is 0 Å². The number of aryl methyl sites for hydroxylation is 1. The highest BCUT2D eigenvalue weighted by Crippen LogP contribution is 2.49. The maximum absolute atomic E-state index is 13.8. The largest absolute Gasteiger partial charge is 0.478 e. The predicted octanol–water partition coefficient (Wildman–Crippen LogP) is 3.33. The predicted molar refractivity (Wildman–Crippen MR) is 84.1 cm³/mol. The van der Waals surface area contributed by atoms with Crippen LogP contribution in [0, 0.1) is 24.5 Å². The Balaban J connectivity index is 1.67. The van der Waals surface area contributed by atoms with E-state index in [1.165, 1.54) is 11.0 Å². The lowest BCUT2D eigenvalue weighted by atomic mass is 10.1. The highest BCUT2D eigenvalue weighted by atomic mass is 19.1. The molecule has 7 heteroatoms. The van der Waals surface area contributed by atoms with Gasteiger partial charge < -0.3 is 14.4 Å². The van der Waals surface area contributed by atoms with E-state index >= 15 is 0 Å². The van der Waals surface area contributed by atoms with Crippen molar-refractivity contribution in [3.05, 3.63) is 58.5 Å². The zero-order chi connectivity index (χ0) is 18.3. The van der Waals surface area contributed by atoms with Gasteiger partial charge in [-0.3, -0.25) is 4.79 Å². The molecule has 0 saturated heterocycles. The first kappa shape index (κ1) is 17.1. The molecule has 0 spiro atoms. The zero-order valence-electron chi connectivity index (χ0n) is 13.8. The topological polar surface area (TPSA) is 70.8 Å². The first-order valence-corrected chi connectivity index (χ1v) is 7.80. The molecule has 0 bridgehead atoms. The Kier molecular flexibility index (Phi) is 4.32. The van der Waals surface area contributed by atoms with E-state index in [1.54, 1.807) is 14.0 Å². The molecule has 2 atom stereocenters. The summed E-state index contributed by atoms with van der Waals surface area (Å²) in [5, 5.41) is 9.02. The smallest absolute Gasteiger partial charge is 0.339 e. The van der Waals surface area contributed by atoms with E-state index in [0.717, 1.165) is 18.2 Å². The molecule has 1 aliphatic rings. The van der Waals surface area contributed by atoms with Crippen molar-refractivity contribution in [2.75, 3.05) is 7.05 Å². The van der Waals surface area contributed by atoms with E-state index in [1.807, 2.05) is 0 Å². The second-order valence-electron chi connectivity index (χ2n) is 6.30. The number of furan rings is 1. The summed E-state index contributed by atoms with van der Waals surface area (Å²) in [4.78, 5) is 24.9. The number of hydrogen-bond acceptors (Lipinski definition) is 3. The van der Waals surface area contributed by atoms with E-state index in [9.17, 15) is 18.4 Å². The molecule has 5 nitrogen and oxygen atoms in total. The van der Waals surface area contributed by atoms with Crippen molar-refractivity contribution in [2.24, 2.45) is 5.92 Å². The molecule has 132 valence electrons. The number of rotatable bonds is 5. The second kappa shape index (κ2) is 6.31. The van der Waals surface area contributed by atoms with Gasteiger partial charge in [-0.15, -0.1) is 0 Å². The first-order chi connectivity index (χ1) is 11.8. The minimum atomic E-state index is -1.09. The van der Waals surface area contributed by atoms with Crippen molar-refractivity contribution < 1.29 is 27.9 Å². The summed E-state index contributed by atoms with van der Waals surface area (Å²) >= 11 is 0. The number of hydrogen-bond donors (Lipinski definition) is 1. The van der Waals surface area contributed by atoms with Gasteiger partial charge in [0, 0.05) is 13.0 Å². The number of benzene rings is 1. The number of amides is 1.